The molecule has 22 heavy (non-hydrogen) atoms. The summed E-state index contributed by atoms with van der Waals surface area (Å²) in [6, 6.07) is 16.1. The highest BCUT2D eigenvalue weighted by Crippen LogP contribution is 2.19. The maximum absolute atomic E-state index is 11.8. The van der Waals surface area contributed by atoms with Crippen molar-refractivity contribution in [1.29, 1.82) is 0 Å². The minimum atomic E-state index is 0.0730. The molecule has 0 aromatic heterocycles. The molecule has 0 heterocycles. The lowest BCUT2D eigenvalue weighted by atomic mass is 10.1. The Morgan fingerprint density at radius 1 is 1.09 bits per heavy atom. The van der Waals surface area contributed by atoms with E-state index in [9.17, 15) is 4.79 Å². The molecule has 1 amide bonds. The first-order valence-electron chi connectivity index (χ1n) is 7.34. The van der Waals surface area contributed by atoms with Crippen LogP contribution in [-0.4, -0.2) is 18.2 Å². The highest BCUT2D eigenvalue weighted by atomic mass is 35.5. The average Bonchev–Trinajstić information content (AvgIpc) is 2.53. The average molecular weight is 334 g/mol. The number of carbonyl (C=O) groups excluding carboxylic acids is 1. The zero-order chi connectivity index (χ0) is 15.8. The van der Waals surface area contributed by atoms with Crippen LogP contribution >= 0.6 is 23.4 Å². The highest BCUT2D eigenvalue weighted by Gasteiger charge is 2.02. The molecule has 0 saturated carbocycles. The van der Waals surface area contributed by atoms with Gasteiger partial charge in [-0.05, 0) is 49.6 Å². The topological polar surface area (TPSA) is 29.1 Å². The van der Waals surface area contributed by atoms with Crippen LogP contribution in [0.5, 0.6) is 0 Å². The lowest BCUT2D eigenvalue weighted by molar-refractivity contribution is -0.118. The smallest absolute Gasteiger partial charge is 0.230 e. The number of thioether (sulfide) groups is 1. The Morgan fingerprint density at radius 3 is 2.45 bits per heavy atom. The number of hydrogen-bond donors (Lipinski definition) is 1. The summed E-state index contributed by atoms with van der Waals surface area (Å²) in [7, 11) is 0. The first kappa shape index (κ1) is 16.9. The molecule has 0 atom stereocenters. The third-order valence-electron chi connectivity index (χ3n) is 3.27. The van der Waals surface area contributed by atoms with E-state index in [1.807, 2.05) is 24.3 Å². The lowest BCUT2D eigenvalue weighted by Gasteiger charge is -2.06. The first-order chi connectivity index (χ1) is 10.6. The maximum Gasteiger partial charge on any atom is 0.230 e. The second-order valence-corrected chi connectivity index (χ2v) is 6.67. The van der Waals surface area contributed by atoms with Gasteiger partial charge in [-0.3, -0.25) is 4.79 Å². The molecule has 2 nitrogen and oxygen atoms in total. The molecule has 0 unspecified atom stereocenters. The summed E-state index contributed by atoms with van der Waals surface area (Å²) in [6.07, 6.45) is 1.95. The quantitative estimate of drug-likeness (QED) is 0.597. The molecule has 0 aliphatic rings. The van der Waals surface area contributed by atoms with Gasteiger partial charge >= 0.3 is 0 Å². The Balaban J connectivity index is 1.61. The molecule has 0 bridgehead atoms. The number of amides is 1. The first-order valence-corrected chi connectivity index (χ1v) is 8.70. The molecule has 0 spiro atoms. The van der Waals surface area contributed by atoms with Gasteiger partial charge in [0.1, 0.15) is 0 Å². The largest absolute Gasteiger partial charge is 0.355 e. The fourth-order valence-corrected chi connectivity index (χ4v) is 2.86. The van der Waals surface area contributed by atoms with Gasteiger partial charge in [-0.15, -0.1) is 11.8 Å². The minimum Gasteiger partial charge on any atom is -0.355 e. The molecule has 2 aromatic rings. The number of carbonyl (C=O) groups is 1. The number of nitrogens with one attached hydrogen (secondary N) is 1. The van der Waals surface area contributed by atoms with E-state index in [1.54, 1.807) is 0 Å². The summed E-state index contributed by atoms with van der Waals surface area (Å²) < 4.78 is 0. The SMILES string of the molecule is Cc1ccc(CCCNC(=O)CSc2ccc(Cl)cc2)cc1. The van der Waals surface area contributed by atoms with E-state index < -0.39 is 0 Å². The predicted molar refractivity (Wildman–Crippen MR) is 94.7 cm³/mol. The third kappa shape index (κ3) is 6.12. The van der Waals surface area contributed by atoms with Gasteiger partial charge in [-0.1, -0.05) is 41.4 Å². The van der Waals surface area contributed by atoms with Crippen molar-refractivity contribution in [3.8, 4) is 0 Å². The Labute approximate surface area is 141 Å². The second kappa shape index (κ2) is 8.86. The van der Waals surface area contributed by atoms with E-state index in [0.717, 1.165) is 17.7 Å². The van der Waals surface area contributed by atoms with E-state index >= 15 is 0 Å². The van der Waals surface area contributed by atoms with E-state index in [4.69, 9.17) is 11.6 Å². The van der Waals surface area contributed by atoms with Crippen LogP contribution in [0.4, 0.5) is 0 Å². The minimum absolute atomic E-state index is 0.0730. The monoisotopic (exact) mass is 333 g/mol. The number of aryl methyl sites for hydroxylation is 2. The molecule has 116 valence electrons. The van der Waals surface area contributed by atoms with Crippen LogP contribution < -0.4 is 5.32 Å². The van der Waals surface area contributed by atoms with Crippen LogP contribution in [0.3, 0.4) is 0 Å². The third-order valence-corrected chi connectivity index (χ3v) is 4.53. The van der Waals surface area contributed by atoms with Crippen molar-refractivity contribution in [2.75, 3.05) is 12.3 Å². The summed E-state index contributed by atoms with van der Waals surface area (Å²) in [4.78, 5) is 12.8. The zero-order valence-corrected chi connectivity index (χ0v) is 14.2. The predicted octanol–water partition coefficient (Wildman–Crippen LogP) is 4.49. The van der Waals surface area contributed by atoms with E-state index in [0.29, 0.717) is 17.3 Å². The Bertz CT molecular complexity index is 595. The lowest BCUT2D eigenvalue weighted by Crippen LogP contribution is -2.26. The van der Waals surface area contributed by atoms with Crippen molar-refractivity contribution in [3.05, 3.63) is 64.7 Å². The van der Waals surface area contributed by atoms with Crippen LogP contribution in [0.15, 0.2) is 53.4 Å². The van der Waals surface area contributed by atoms with Crippen LogP contribution in [0, 0.1) is 6.92 Å². The molecule has 2 aromatic carbocycles. The molecule has 0 fully saturated rings. The summed E-state index contributed by atoms with van der Waals surface area (Å²) in [6.45, 7) is 2.80. The van der Waals surface area contributed by atoms with E-state index in [1.165, 1.54) is 22.9 Å². The van der Waals surface area contributed by atoms with Crippen molar-refractivity contribution < 1.29 is 4.79 Å². The van der Waals surface area contributed by atoms with Gasteiger partial charge in [0.2, 0.25) is 5.91 Å². The normalized spacial score (nSPS) is 10.5. The standard InChI is InChI=1S/C18H20ClNOS/c1-14-4-6-15(7-5-14)3-2-12-20-18(21)13-22-17-10-8-16(19)9-11-17/h4-11H,2-3,12-13H2,1H3,(H,20,21). The van der Waals surface area contributed by atoms with Crippen molar-refractivity contribution in [1.82, 2.24) is 5.32 Å². The number of hydrogen-bond acceptors (Lipinski definition) is 2. The van der Waals surface area contributed by atoms with Gasteiger partial charge in [-0.25, -0.2) is 0 Å². The van der Waals surface area contributed by atoms with Gasteiger partial charge < -0.3 is 5.32 Å². The number of rotatable bonds is 7. The fourth-order valence-electron chi connectivity index (χ4n) is 2.01. The molecular weight excluding hydrogens is 314 g/mol. The van der Waals surface area contributed by atoms with Gasteiger partial charge in [-0.2, -0.15) is 0 Å². The van der Waals surface area contributed by atoms with Gasteiger partial charge in [0.15, 0.2) is 0 Å². The molecule has 0 aliphatic carbocycles. The second-order valence-electron chi connectivity index (χ2n) is 5.18. The Hall–Kier alpha value is -1.45. The van der Waals surface area contributed by atoms with Crippen molar-refractivity contribution >= 4 is 29.3 Å². The van der Waals surface area contributed by atoms with Crippen molar-refractivity contribution in [3.63, 3.8) is 0 Å². The molecule has 0 saturated heterocycles. The fraction of sp³-hybridized carbons (Fsp3) is 0.278. The van der Waals surface area contributed by atoms with Crippen LogP contribution in [0.1, 0.15) is 17.5 Å². The van der Waals surface area contributed by atoms with Gasteiger partial charge in [0.05, 0.1) is 5.75 Å². The van der Waals surface area contributed by atoms with Gasteiger partial charge in [0, 0.05) is 16.5 Å². The van der Waals surface area contributed by atoms with E-state index in [-0.39, 0.29) is 5.91 Å². The zero-order valence-electron chi connectivity index (χ0n) is 12.6. The van der Waals surface area contributed by atoms with Gasteiger partial charge in [0.25, 0.3) is 0 Å². The van der Waals surface area contributed by atoms with Crippen molar-refractivity contribution in [2.45, 2.75) is 24.7 Å². The molecular formula is C18H20ClNOS. The molecule has 1 N–H and O–H groups in total. The number of benzene rings is 2. The Morgan fingerprint density at radius 2 is 1.77 bits per heavy atom. The number of halogens is 1. The van der Waals surface area contributed by atoms with Crippen LogP contribution in [-0.2, 0) is 11.2 Å². The van der Waals surface area contributed by atoms with E-state index in [2.05, 4.69) is 36.5 Å². The summed E-state index contributed by atoms with van der Waals surface area (Å²) in [5, 5.41) is 3.67. The van der Waals surface area contributed by atoms with Crippen LogP contribution in [0.2, 0.25) is 5.02 Å². The molecule has 2 rings (SSSR count). The molecule has 0 radical (unpaired) electrons. The molecule has 4 heteroatoms. The Kier molecular flexibility index (Phi) is 6.81. The van der Waals surface area contributed by atoms with Crippen LogP contribution in [0.25, 0.3) is 0 Å². The maximum atomic E-state index is 11.8. The van der Waals surface area contributed by atoms with Crippen molar-refractivity contribution in [2.24, 2.45) is 0 Å². The molecule has 0 aliphatic heterocycles. The highest BCUT2D eigenvalue weighted by molar-refractivity contribution is 8.00. The summed E-state index contributed by atoms with van der Waals surface area (Å²) in [5.74, 6) is 0.510. The summed E-state index contributed by atoms with van der Waals surface area (Å²) >= 11 is 7.35. The summed E-state index contributed by atoms with van der Waals surface area (Å²) in [5.41, 5.74) is 2.59.